The van der Waals surface area contributed by atoms with Crippen molar-refractivity contribution >= 4 is 12.4 Å². The number of nitrogens with zero attached hydrogens (tertiary/aromatic N) is 1. The average Bonchev–Trinajstić information content (AvgIpc) is 2.44. The molecule has 1 saturated heterocycles. The van der Waals surface area contributed by atoms with Gasteiger partial charge in [0.05, 0.1) is 0 Å². The molecule has 0 bridgehead atoms. The molecule has 0 unspecified atom stereocenters. The maximum absolute atomic E-state index is 14.1. The van der Waals surface area contributed by atoms with Gasteiger partial charge in [-0.15, -0.1) is 19.0 Å². The largest absolute Gasteiger partial charge is 0.314 e. The standard InChI is InChI=1S/C15H20F2N2.ClH/c1-3-4-13(19-9-7-18-8-10-19)12-6-5-11(2)14(16)15(12)17;/h3,5-6,13,18H,1,4,7-10H2,2H3;1H/t13-;/m0./s1. The Morgan fingerprint density at radius 1 is 1.30 bits per heavy atom. The van der Waals surface area contributed by atoms with Crippen LogP contribution in [0.3, 0.4) is 0 Å². The van der Waals surface area contributed by atoms with Crippen LogP contribution < -0.4 is 5.32 Å². The Morgan fingerprint density at radius 2 is 1.95 bits per heavy atom. The van der Waals surface area contributed by atoms with Crippen LogP contribution in [0.1, 0.15) is 23.6 Å². The van der Waals surface area contributed by atoms with E-state index in [1.54, 1.807) is 25.1 Å². The lowest BCUT2D eigenvalue weighted by atomic mass is 9.99. The predicted octanol–water partition coefficient (Wildman–Crippen LogP) is 3.22. The number of aryl methyl sites for hydroxylation is 1. The highest BCUT2D eigenvalue weighted by atomic mass is 35.5. The number of nitrogens with one attached hydrogen (secondary N) is 1. The molecule has 1 N–H and O–H groups in total. The third-order valence-electron chi connectivity index (χ3n) is 3.65. The second-order valence-corrected chi connectivity index (χ2v) is 4.93. The highest BCUT2D eigenvalue weighted by molar-refractivity contribution is 5.85. The number of halogens is 3. The van der Waals surface area contributed by atoms with Gasteiger partial charge in [0.15, 0.2) is 11.6 Å². The zero-order chi connectivity index (χ0) is 13.8. The van der Waals surface area contributed by atoms with Crippen molar-refractivity contribution in [1.29, 1.82) is 0 Å². The highest BCUT2D eigenvalue weighted by Gasteiger charge is 2.25. The molecular formula is C15H21ClF2N2. The summed E-state index contributed by atoms with van der Waals surface area (Å²) in [7, 11) is 0. The molecule has 0 aromatic heterocycles. The van der Waals surface area contributed by atoms with Gasteiger partial charge in [0.1, 0.15) is 0 Å². The first-order valence-corrected chi connectivity index (χ1v) is 6.65. The summed E-state index contributed by atoms with van der Waals surface area (Å²) in [6.07, 6.45) is 2.39. The van der Waals surface area contributed by atoms with Gasteiger partial charge in [-0.2, -0.15) is 0 Å². The van der Waals surface area contributed by atoms with E-state index in [9.17, 15) is 8.78 Å². The first-order valence-electron chi connectivity index (χ1n) is 6.65. The van der Waals surface area contributed by atoms with Crippen LogP contribution in [0.25, 0.3) is 0 Å². The minimum atomic E-state index is -0.735. The van der Waals surface area contributed by atoms with Gasteiger partial charge in [0, 0.05) is 37.8 Å². The molecule has 20 heavy (non-hydrogen) atoms. The number of piperazine rings is 1. The van der Waals surface area contributed by atoms with Crippen molar-refractivity contribution in [3.05, 3.63) is 47.5 Å². The van der Waals surface area contributed by atoms with Gasteiger partial charge in [-0.1, -0.05) is 18.2 Å². The molecule has 1 aliphatic heterocycles. The fraction of sp³-hybridized carbons (Fsp3) is 0.467. The van der Waals surface area contributed by atoms with E-state index in [0.717, 1.165) is 26.2 Å². The van der Waals surface area contributed by atoms with E-state index in [2.05, 4.69) is 16.8 Å². The second kappa shape index (κ2) is 7.72. The molecule has 0 saturated carbocycles. The fourth-order valence-electron chi connectivity index (χ4n) is 2.54. The number of hydrogen-bond acceptors (Lipinski definition) is 2. The SMILES string of the molecule is C=CC[C@@H](c1ccc(C)c(F)c1F)N1CCNCC1.Cl. The first-order chi connectivity index (χ1) is 9.15. The maximum Gasteiger partial charge on any atom is 0.163 e. The van der Waals surface area contributed by atoms with Crippen LogP contribution in [0, 0.1) is 18.6 Å². The average molecular weight is 303 g/mol. The van der Waals surface area contributed by atoms with Crippen molar-refractivity contribution in [2.45, 2.75) is 19.4 Å². The Kier molecular flexibility index (Phi) is 6.59. The lowest BCUT2D eigenvalue weighted by Gasteiger charge is -2.35. The minimum Gasteiger partial charge on any atom is -0.314 e. The van der Waals surface area contributed by atoms with Gasteiger partial charge in [0.2, 0.25) is 0 Å². The Morgan fingerprint density at radius 3 is 2.55 bits per heavy atom. The minimum absolute atomic E-state index is 0. The summed E-state index contributed by atoms with van der Waals surface area (Å²) in [5.41, 5.74) is 0.781. The van der Waals surface area contributed by atoms with Crippen LogP contribution in [0.15, 0.2) is 24.8 Å². The van der Waals surface area contributed by atoms with Crippen LogP contribution in [-0.4, -0.2) is 31.1 Å². The van der Waals surface area contributed by atoms with E-state index in [-0.39, 0.29) is 18.4 Å². The summed E-state index contributed by atoms with van der Waals surface area (Å²) in [5, 5.41) is 3.26. The third kappa shape index (κ3) is 3.57. The van der Waals surface area contributed by atoms with Gasteiger partial charge in [-0.05, 0) is 18.9 Å². The van der Waals surface area contributed by atoms with Crippen LogP contribution >= 0.6 is 12.4 Å². The Bertz CT molecular complexity index is 459. The van der Waals surface area contributed by atoms with Crippen molar-refractivity contribution in [3.63, 3.8) is 0 Å². The molecule has 1 aromatic rings. The van der Waals surface area contributed by atoms with E-state index in [4.69, 9.17) is 0 Å². The number of benzene rings is 1. The van der Waals surface area contributed by atoms with Crippen LogP contribution in [-0.2, 0) is 0 Å². The van der Waals surface area contributed by atoms with E-state index in [1.165, 1.54) is 0 Å². The van der Waals surface area contributed by atoms with E-state index in [1.807, 2.05) is 0 Å². The van der Waals surface area contributed by atoms with E-state index in [0.29, 0.717) is 17.5 Å². The number of rotatable bonds is 4. The molecule has 2 rings (SSSR count). The summed E-state index contributed by atoms with van der Waals surface area (Å²) in [6, 6.07) is 3.21. The summed E-state index contributed by atoms with van der Waals surface area (Å²) < 4.78 is 27.9. The van der Waals surface area contributed by atoms with Gasteiger partial charge in [-0.3, -0.25) is 4.90 Å². The summed E-state index contributed by atoms with van der Waals surface area (Å²) >= 11 is 0. The fourth-order valence-corrected chi connectivity index (χ4v) is 2.54. The molecule has 0 spiro atoms. The first kappa shape index (κ1) is 17.1. The van der Waals surface area contributed by atoms with Gasteiger partial charge < -0.3 is 5.32 Å². The lowest BCUT2D eigenvalue weighted by molar-refractivity contribution is 0.170. The molecule has 1 aromatic carbocycles. The van der Waals surface area contributed by atoms with Gasteiger partial charge in [-0.25, -0.2) is 8.78 Å². The lowest BCUT2D eigenvalue weighted by Crippen LogP contribution is -2.45. The van der Waals surface area contributed by atoms with Gasteiger partial charge in [0.25, 0.3) is 0 Å². The molecular weight excluding hydrogens is 282 g/mol. The normalized spacial score (nSPS) is 17.4. The Labute approximate surface area is 125 Å². The highest BCUT2D eigenvalue weighted by Crippen LogP contribution is 2.29. The summed E-state index contributed by atoms with van der Waals surface area (Å²) in [4.78, 5) is 2.19. The second-order valence-electron chi connectivity index (χ2n) is 4.93. The third-order valence-corrected chi connectivity index (χ3v) is 3.65. The summed E-state index contributed by atoms with van der Waals surface area (Å²) in [5.74, 6) is -1.45. The zero-order valence-corrected chi connectivity index (χ0v) is 12.5. The topological polar surface area (TPSA) is 15.3 Å². The molecule has 0 radical (unpaired) electrons. The molecule has 112 valence electrons. The van der Waals surface area contributed by atoms with Crippen molar-refractivity contribution in [3.8, 4) is 0 Å². The molecule has 2 nitrogen and oxygen atoms in total. The molecule has 1 heterocycles. The summed E-state index contributed by atoms with van der Waals surface area (Å²) in [6.45, 7) is 8.75. The molecule has 1 fully saturated rings. The van der Waals surface area contributed by atoms with Crippen LogP contribution in [0.2, 0.25) is 0 Å². The monoisotopic (exact) mass is 302 g/mol. The van der Waals surface area contributed by atoms with Crippen LogP contribution in [0.5, 0.6) is 0 Å². The predicted molar refractivity (Wildman–Crippen MR) is 80.3 cm³/mol. The number of hydrogen-bond donors (Lipinski definition) is 1. The Hall–Kier alpha value is -0.970. The van der Waals surface area contributed by atoms with E-state index < -0.39 is 11.6 Å². The molecule has 1 atom stereocenters. The van der Waals surface area contributed by atoms with Gasteiger partial charge >= 0.3 is 0 Å². The molecule has 0 aliphatic carbocycles. The molecule has 1 aliphatic rings. The smallest absolute Gasteiger partial charge is 0.163 e. The van der Waals surface area contributed by atoms with E-state index >= 15 is 0 Å². The maximum atomic E-state index is 14.1. The van der Waals surface area contributed by atoms with Crippen LogP contribution in [0.4, 0.5) is 8.78 Å². The Balaban J connectivity index is 0.00000200. The van der Waals surface area contributed by atoms with Crippen molar-refractivity contribution in [1.82, 2.24) is 10.2 Å². The zero-order valence-electron chi connectivity index (χ0n) is 11.7. The van der Waals surface area contributed by atoms with Crippen molar-refractivity contribution in [2.75, 3.05) is 26.2 Å². The van der Waals surface area contributed by atoms with Crippen molar-refractivity contribution in [2.24, 2.45) is 0 Å². The quantitative estimate of drug-likeness (QED) is 0.859. The molecule has 0 amide bonds. The van der Waals surface area contributed by atoms with Crippen molar-refractivity contribution < 1.29 is 8.78 Å². The molecule has 5 heteroatoms.